The summed E-state index contributed by atoms with van der Waals surface area (Å²) in [6.45, 7) is 14.2. The summed E-state index contributed by atoms with van der Waals surface area (Å²) in [6, 6.07) is 4.42. The number of rotatable bonds is 1. The summed E-state index contributed by atoms with van der Waals surface area (Å²) in [4.78, 5) is 12.0. The van der Waals surface area contributed by atoms with Crippen LogP contribution < -0.4 is 4.90 Å². The Balaban J connectivity index is 2.21. The summed E-state index contributed by atoms with van der Waals surface area (Å²) in [6.07, 6.45) is 0. The van der Waals surface area contributed by atoms with Crippen molar-refractivity contribution in [1.29, 1.82) is 0 Å². The maximum Gasteiger partial charge on any atom is 0.226 e. The molecule has 1 fully saturated rings. The lowest BCUT2D eigenvalue weighted by atomic mass is 9.88. The quantitative estimate of drug-likeness (QED) is 0.809. The molecule has 2 heterocycles. The van der Waals surface area contributed by atoms with E-state index in [1.165, 1.54) is 16.5 Å². The van der Waals surface area contributed by atoms with E-state index in [4.69, 9.17) is 14.7 Å². The average Bonchev–Trinajstić information content (AvgIpc) is 2.47. The first kappa shape index (κ1) is 15.2. The molecule has 1 aliphatic rings. The molecule has 0 atom stereocenters. The summed E-state index contributed by atoms with van der Waals surface area (Å²) in [7, 11) is 0. The predicted octanol–water partition coefficient (Wildman–Crippen LogP) is 3.38. The number of hydrogen-bond acceptors (Lipinski definition) is 4. The topological polar surface area (TPSA) is 38.2 Å². The van der Waals surface area contributed by atoms with E-state index in [1.807, 2.05) is 0 Å². The second kappa shape index (κ2) is 5.51. The highest BCUT2D eigenvalue weighted by atomic mass is 16.5. The van der Waals surface area contributed by atoms with Crippen molar-refractivity contribution in [2.24, 2.45) is 0 Å². The Morgan fingerprint density at radius 3 is 2.27 bits per heavy atom. The van der Waals surface area contributed by atoms with Gasteiger partial charge in [-0.25, -0.2) is 9.97 Å². The third-order valence-electron chi connectivity index (χ3n) is 4.30. The minimum Gasteiger partial charge on any atom is -0.378 e. The smallest absolute Gasteiger partial charge is 0.226 e. The van der Waals surface area contributed by atoms with Crippen LogP contribution in [0.1, 0.15) is 37.6 Å². The summed E-state index contributed by atoms with van der Waals surface area (Å²) in [5, 5.41) is 1.17. The molecule has 0 N–H and O–H groups in total. The summed E-state index contributed by atoms with van der Waals surface area (Å²) in [5.41, 5.74) is 4.73. The fourth-order valence-corrected chi connectivity index (χ4v) is 2.85. The molecule has 0 bridgehead atoms. The summed E-state index contributed by atoms with van der Waals surface area (Å²) >= 11 is 0. The second-order valence-corrected chi connectivity index (χ2v) is 7.18. The minimum absolute atomic E-state index is 0.01000. The summed E-state index contributed by atoms with van der Waals surface area (Å²) in [5.74, 6) is 0.837. The maximum absolute atomic E-state index is 5.44. The number of fused-ring (bicyclic) bond motifs is 1. The van der Waals surface area contributed by atoms with E-state index in [-0.39, 0.29) is 5.41 Å². The molecule has 1 saturated heterocycles. The third kappa shape index (κ3) is 2.80. The largest absolute Gasteiger partial charge is 0.378 e. The Morgan fingerprint density at radius 2 is 1.64 bits per heavy atom. The number of aryl methyl sites for hydroxylation is 2. The molecule has 0 unspecified atom stereocenters. The number of nitrogens with zero attached hydrogens (tertiary/aromatic N) is 3. The monoisotopic (exact) mass is 299 g/mol. The number of hydrogen-bond donors (Lipinski definition) is 0. The van der Waals surface area contributed by atoms with Crippen LogP contribution in [0.15, 0.2) is 12.1 Å². The van der Waals surface area contributed by atoms with Gasteiger partial charge in [0.1, 0.15) is 0 Å². The molecule has 3 rings (SSSR count). The van der Waals surface area contributed by atoms with Gasteiger partial charge in [0.05, 0.1) is 24.4 Å². The van der Waals surface area contributed by atoms with Crippen molar-refractivity contribution < 1.29 is 4.74 Å². The van der Waals surface area contributed by atoms with Crippen LogP contribution in [0, 0.1) is 13.8 Å². The second-order valence-electron chi connectivity index (χ2n) is 7.18. The molecule has 0 spiro atoms. The molecule has 22 heavy (non-hydrogen) atoms. The van der Waals surface area contributed by atoms with Gasteiger partial charge in [0, 0.05) is 23.9 Å². The molecular weight excluding hydrogens is 274 g/mol. The number of morpholine rings is 1. The fourth-order valence-electron chi connectivity index (χ4n) is 2.85. The van der Waals surface area contributed by atoms with Gasteiger partial charge < -0.3 is 9.64 Å². The van der Waals surface area contributed by atoms with Crippen molar-refractivity contribution in [2.45, 2.75) is 40.0 Å². The lowest BCUT2D eigenvalue weighted by Gasteiger charge is -2.29. The van der Waals surface area contributed by atoms with Gasteiger partial charge in [-0.1, -0.05) is 20.8 Å². The van der Waals surface area contributed by atoms with Crippen LogP contribution in [0.2, 0.25) is 0 Å². The molecular formula is C18H25N3O. The first-order valence-corrected chi connectivity index (χ1v) is 7.98. The molecule has 0 saturated carbocycles. The van der Waals surface area contributed by atoms with Crippen LogP contribution in [0.25, 0.3) is 10.9 Å². The van der Waals surface area contributed by atoms with E-state index >= 15 is 0 Å². The van der Waals surface area contributed by atoms with Crippen LogP contribution in [-0.2, 0) is 10.2 Å². The third-order valence-corrected chi connectivity index (χ3v) is 4.30. The molecule has 0 radical (unpaired) electrons. The van der Waals surface area contributed by atoms with Crippen LogP contribution in [0.3, 0.4) is 0 Å². The molecule has 4 heteroatoms. The zero-order chi connectivity index (χ0) is 15.9. The first-order chi connectivity index (χ1) is 10.4. The molecule has 0 aliphatic carbocycles. The first-order valence-electron chi connectivity index (χ1n) is 7.98. The van der Waals surface area contributed by atoms with Gasteiger partial charge in [-0.3, -0.25) is 0 Å². The van der Waals surface area contributed by atoms with Crippen molar-refractivity contribution >= 4 is 16.9 Å². The SMILES string of the molecule is Cc1cc2nc(N3CCOCC3)nc(C(C)(C)C)c2cc1C. The van der Waals surface area contributed by atoms with E-state index in [9.17, 15) is 0 Å². The highest BCUT2D eigenvalue weighted by Gasteiger charge is 2.23. The van der Waals surface area contributed by atoms with E-state index in [2.05, 4.69) is 51.7 Å². The molecule has 4 nitrogen and oxygen atoms in total. The van der Waals surface area contributed by atoms with Gasteiger partial charge >= 0.3 is 0 Å². The molecule has 0 amide bonds. The van der Waals surface area contributed by atoms with Crippen molar-refractivity contribution in [1.82, 2.24) is 9.97 Å². The molecule has 2 aromatic rings. The van der Waals surface area contributed by atoms with Gasteiger partial charge in [0.2, 0.25) is 5.95 Å². The Labute approximate surface area is 132 Å². The Hall–Kier alpha value is -1.68. The normalized spacial score (nSPS) is 16.3. The van der Waals surface area contributed by atoms with Crippen molar-refractivity contribution in [2.75, 3.05) is 31.2 Å². The van der Waals surface area contributed by atoms with Gasteiger partial charge in [0.15, 0.2) is 0 Å². The Bertz CT molecular complexity index is 698. The van der Waals surface area contributed by atoms with Gasteiger partial charge in [0.25, 0.3) is 0 Å². The van der Waals surface area contributed by atoms with E-state index in [0.29, 0.717) is 0 Å². The highest BCUT2D eigenvalue weighted by Crippen LogP contribution is 2.31. The van der Waals surface area contributed by atoms with Gasteiger partial charge in [-0.05, 0) is 37.1 Å². The molecule has 1 aromatic carbocycles. The summed E-state index contributed by atoms with van der Waals surface area (Å²) < 4.78 is 5.44. The van der Waals surface area contributed by atoms with Gasteiger partial charge in [-0.15, -0.1) is 0 Å². The lowest BCUT2D eigenvalue weighted by molar-refractivity contribution is 0.122. The van der Waals surface area contributed by atoms with Crippen LogP contribution in [0.4, 0.5) is 5.95 Å². The minimum atomic E-state index is -0.01000. The fraction of sp³-hybridized carbons (Fsp3) is 0.556. The van der Waals surface area contributed by atoms with Crippen LogP contribution >= 0.6 is 0 Å². The highest BCUT2D eigenvalue weighted by molar-refractivity contribution is 5.84. The van der Waals surface area contributed by atoms with Crippen LogP contribution in [-0.4, -0.2) is 36.3 Å². The van der Waals surface area contributed by atoms with Crippen molar-refractivity contribution in [3.8, 4) is 0 Å². The van der Waals surface area contributed by atoms with Crippen molar-refractivity contribution in [3.63, 3.8) is 0 Å². The van der Waals surface area contributed by atoms with Crippen LogP contribution in [0.5, 0.6) is 0 Å². The molecule has 1 aromatic heterocycles. The number of ether oxygens (including phenoxy) is 1. The number of anilines is 1. The van der Waals surface area contributed by atoms with E-state index < -0.39 is 0 Å². The predicted molar refractivity (Wildman–Crippen MR) is 90.7 cm³/mol. The number of aromatic nitrogens is 2. The van der Waals surface area contributed by atoms with E-state index in [1.54, 1.807) is 0 Å². The van der Waals surface area contributed by atoms with E-state index in [0.717, 1.165) is 43.5 Å². The number of benzene rings is 1. The lowest BCUT2D eigenvalue weighted by Crippen LogP contribution is -2.37. The maximum atomic E-state index is 5.44. The Kier molecular flexibility index (Phi) is 3.81. The zero-order valence-corrected chi connectivity index (χ0v) is 14.2. The Morgan fingerprint density at radius 1 is 1.00 bits per heavy atom. The average molecular weight is 299 g/mol. The van der Waals surface area contributed by atoms with Gasteiger partial charge in [-0.2, -0.15) is 0 Å². The molecule has 1 aliphatic heterocycles. The standard InChI is InChI=1S/C18H25N3O/c1-12-10-14-15(11-13(12)2)19-17(20-16(14)18(3,4)5)21-6-8-22-9-7-21/h10-11H,6-9H2,1-5H3. The molecule has 118 valence electrons. The van der Waals surface area contributed by atoms with Crippen molar-refractivity contribution in [3.05, 3.63) is 29.0 Å². The zero-order valence-electron chi connectivity index (χ0n) is 14.2.